The van der Waals surface area contributed by atoms with E-state index in [9.17, 15) is 4.79 Å². The van der Waals surface area contributed by atoms with Gasteiger partial charge in [0.15, 0.2) is 0 Å². The summed E-state index contributed by atoms with van der Waals surface area (Å²) in [5.41, 5.74) is 0.582. The van der Waals surface area contributed by atoms with E-state index >= 15 is 0 Å². The second kappa shape index (κ2) is 10.6. The summed E-state index contributed by atoms with van der Waals surface area (Å²) < 4.78 is 5.72. The van der Waals surface area contributed by atoms with Crippen LogP contribution < -0.4 is 10.1 Å². The van der Waals surface area contributed by atoms with Gasteiger partial charge < -0.3 is 15.0 Å². The van der Waals surface area contributed by atoms with Crippen LogP contribution in [0.4, 0.5) is 0 Å². The molecule has 0 bridgehead atoms. The summed E-state index contributed by atoms with van der Waals surface area (Å²) in [5.74, 6) is 1.18. The average Bonchev–Trinajstić information content (AvgIpc) is 2.63. The van der Waals surface area contributed by atoms with Gasteiger partial charge >= 0.3 is 0 Å². The zero-order chi connectivity index (χ0) is 16.9. The van der Waals surface area contributed by atoms with Crippen LogP contribution in [0.3, 0.4) is 0 Å². The Morgan fingerprint density at radius 3 is 2.65 bits per heavy atom. The number of hydrogen-bond acceptors (Lipinski definition) is 4. The van der Waals surface area contributed by atoms with Crippen molar-refractivity contribution in [2.45, 2.75) is 18.9 Å². The molecule has 0 aliphatic carbocycles. The van der Waals surface area contributed by atoms with Crippen LogP contribution in [0.25, 0.3) is 0 Å². The Morgan fingerprint density at radius 2 is 2.00 bits per heavy atom. The van der Waals surface area contributed by atoms with E-state index in [1.165, 1.54) is 0 Å². The molecule has 1 atom stereocenters. The number of amides is 1. The number of piperidine rings is 1. The van der Waals surface area contributed by atoms with Crippen molar-refractivity contribution in [2.24, 2.45) is 0 Å². The van der Waals surface area contributed by atoms with Crippen molar-refractivity contribution in [3.05, 3.63) is 53.3 Å². The Morgan fingerprint density at radius 1 is 1.27 bits per heavy atom. The molecule has 0 radical (unpaired) electrons. The maximum absolute atomic E-state index is 12.7. The number of likely N-dealkylation sites (tertiary alicyclic amines) is 1. The molecule has 1 saturated heterocycles. The second-order valence-corrected chi connectivity index (χ2v) is 6.22. The van der Waals surface area contributed by atoms with Gasteiger partial charge in [0.05, 0.1) is 5.02 Å². The Balaban J connectivity index is 0.00000169. The molecule has 142 valence electrons. The van der Waals surface area contributed by atoms with Gasteiger partial charge in [-0.25, -0.2) is 0 Å². The molecule has 0 spiro atoms. The molecule has 3 rings (SSSR count). The summed E-state index contributed by atoms with van der Waals surface area (Å²) in [7, 11) is 1.93. The van der Waals surface area contributed by atoms with Gasteiger partial charge in [-0.3, -0.25) is 9.78 Å². The predicted octanol–water partition coefficient (Wildman–Crippen LogP) is 4.19. The number of carbonyl (C=O) groups excluding carboxylic acids is 1. The third-order valence-electron chi connectivity index (χ3n) is 4.17. The van der Waals surface area contributed by atoms with Crippen molar-refractivity contribution in [1.82, 2.24) is 15.2 Å². The summed E-state index contributed by atoms with van der Waals surface area (Å²) in [6.07, 6.45) is 5.40. The van der Waals surface area contributed by atoms with Crippen molar-refractivity contribution in [3.8, 4) is 11.5 Å². The topological polar surface area (TPSA) is 54.5 Å². The molecule has 1 aliphatic rings. The summed E-state index contributed by atoms with van der Waals surface area (Å²) in [5, 5.41) is 3.66. The number of pyridine rings is 1. The first-order valence-corrected chi connectivity index (χ1v) is 8.39. The summed E-state index contributed by atoms with van der Waals surface area (Å²) >= 11 is 6.29. The van der Waals surface area contributed by atoms with Gasteiger partial charge in [0.25, 0.3) is 5.91 Å². The third-order valence-corrected chi connectivity index (χ3v) is 4.47. The van der Waals surface area contributed by atoms with E-state index in [4.69, 9.17) is 16.3 Å². The van der Waals surface area contributed by atoms with E-state index in [-0.39, 0.29) is 30.7 Å². The number of rotatable bonds is 4. The highest BCUT2D eigenvalue weighted by Crippen LogP contribution is 2.30. The molecule has 8 heteroatoms. The first kappa shape index (κ1) is 22.5. The van der Waals surface area contributed by atoms with Crippen molar-refractivity contribution in [1.29, 1.82) is 0 Å². The largest absolute Gasteiger partial charge is 0.456 e. The van der Waals surface area contributed by atoms with Crippen LogP contribution in [0.2, 0.25) is 5.02 Å². The van der Waals surface area contributed by atoms with Gasteiger partial charge in [0.2, 0.25) is 0 Å². The lowest BCUT2D eigenvalue weighted by Gasteiger charge is -2.32. The maximum Gasteiger partial charge on any atom is 0.253 e. The van der Waals surface area contributed by atoms with Crippen molar-refractivity contribution >= 4 is 42.3 Å². The van der Waals surface area contributed by atoms with Crippen LogP contribution in [-0.2, 0) is 0 Å². The SMILES string of the molecule is CNC1CCCN(C(=O)c2ccc(Oc3ccncc3)c(Cl)c2)C1.Cl.Cl. The van der Waals surface area contributed by atoms with E-state index in [1.807, 2.05) is 11.9 Å². The van der Waals surface area contributed by atoms with E-state index in [1.54, 1.807) is 42.7 Å². The highest BCUT2D eigenvalue weighted by atomic mass is 35.5. The number of likely N-dealkylation sites (N-methyl/N-ethyl adjacent to an activating group) is 1. The normalized spacial score (nSPS) is 16.2. The molecule has 1 fully saturated rings. The molecular formula is C18H22Cl3N3O2. The average molecular weight is 419 g/mol. The van der Waals surface area contributed by atoms with Crippen LogP contribution >= 0.6 is 36.4 Å². The van der Waals surface area contributed by atoms with Crippen molar-refractivity contribution < 1.29 is 9.53 Å². The highest BCUT2D eigenvalue weighted by Gasteiger charge is 2.24. The van der Waals surface area contributed by atoms with Crippen molar-refractivity contribution in [2.75, 3.05) is 20.1 Å². The third kappa shape index (κ3) is 5.48. The number of aromatic nitrogens is 1. The molecule has 1 amide bonds. The molecular weight excluding hydrogens is 397 g/mol. The zero-order valence-corrected chi connectivity index (χ0v) is 16.7. The fraction of sp³-hybridized carbons (Fsp3) is 0.333. The Bertz CT molecular complexity index is 716. The van der Waals surface area contributed by atoms with Crippen molar-refractivity contribution in [3.63, 3.8) is 0 Å². The molecule has 1 unspecified atom stereocenters. The minimum absolute atomic E-state index is 0. The lowest BCUT2D eigenvalue weighted by molar-refractivity contribution is 0.0698. The monoisotopic (exact) mass is 417 g/mol. The molecule has 1 aromatic heterocycles. The van der Waals surface area contributed by atoms with Gasteiger partial charge in [-0.15, -0.1) is 24.8 Å². The quantitative estimate of drug-likeness (QED) is 0.808. The molecule has 1 aromatic carbocycles. The lowest BCUT2D eigenvalue weighted by Crippen LogP contribution is -2.46. The smallest absolute Gasteiger partial charge is 0.253 e. The van der Waals surface area contributed by atoms with Crippen LogP contribution in [-0.4, -0.2) is 42.0 Å². The second-order valence-electron chi connectivity index (χ2n) is 5.81. The first-order valence-electron chi connectivity index (χ1n) is 8.01. The van der Waals surface area contributed by atoms with Crippen LogP contribution in [0.5, 0.6) is 11.5 Å². The van der Waals surface area contributed by atoms with Gasteiger partial charge in [-0.2, -0.15) is 0 Å². The summed E-state index contributed by atoms with van der Waals surface area (Å²) in [6.45, 7) is 1.51. The molecule has 5 nitrogen and oxygen atoms in total. The predicted molar refractivity (Wildman–Crippen MR) is 108 cm³/mol. The number of nitrogens with zero attached hydrogens (tertiary/aromatic N) is 2. The molecule has 2 aromatic rings. The Labute approximate surface area is 170 Å². The fourth-order valence-corrected chi connectivity index (χ4v) is 3.05. The molecule has 26 heavy (non-hydrogen) atoms. The molecule has 2 heterocycles. The maximum atomic E-state index is 12.7. The standard InChI is InChI=1S/C18H20ClN3O2.2ClH/c1-20-14-3-2-10-22(12-14)18(23)13-4-5-17(16(19)11-13)24-15-6-8-21-9-7-15;;/h4-9,11,14,20H,2-3,10,12H2,1H3;2*1H. The van der Waals surface area contributed by atoms with Gasteiger partial charge in [-0.1, -0.05) is 11.6 Å². The minimum Gasteiger partial charge on any atom is -0.456 e. The molecule has 0 saturated carbocycles. The van der Waals surface area contributed by atoms with E-state index in [2.05, 4.69) is 10.3 Å². The minimum atomic E-state index is 0. The number of nitrogens with one attached hydrogen (secondary N) is 1. The number of halogens is 3. The van der Waals surface area contributed by atoms with E-state index in [0.29, 0.717) is 28.1 Å². The van der Waals surface area contributed by atoms with Crippen LogP contribution in [0.1, 0.15) is 23.2 Å². The van der Waals surface area contributed by atoms with E-state index in [0.717, 1.165) is 25.9 Å². The van der Waals surface area contributed by atoms with E-state index < -0.39 is 0 Å². The van der Waals surface area contributed by atoms with Gasteiger partial charge in [-0.05, 0) is 50.2 Å². The zero-order valence-electron chi connectivity index (χ0n) is 14.4. The Hall–Kier alpha value is -1.53. The number of carbonyl (C=O) groups is 1. The summed E-state index contributed by atoms with van der Waals surface area (Å²) in [4.78, 5) is 18.5. The molecule has 1 aliphatic heterocycles. The number of ether oxygens (including phenoxy) is 1. The molecule has 1 N–H and O–H groups in total. The van der Waals surface area contributed by atoms with Gasteiger partial charge in [0, 0.05) is 37.1 Å². The number of hydrogen-bond donors (Lipinski definition) is 1. The fourth-order valence-electron chi connectivity index (χ4n) is 2.83. The Kier molecular flexibility index (Phi) is 9.16. The lowest BCUT2D eigenvalue weighted by atomic mass is 10.0. The van der Waals surface area contributed by atoms with Crippen LogP contribution in [0.15, 0.2) is 42.7 Å². The first-order chi connectivity index (χ1) is 11.7. The van der Waals surface area contributed by atoms with Gasteiger partial charge in [0.1, 0.15) is 11.5 Å². The highest BCUT2D eigenvalue weighted by molar-refractivity contribution is 6.32. The number of benzene rings is 1. The summed E-state index contributed by atoms with van der Waals surface area (Å²) in [6, 6.07) is 9.02. The van der Waals surface area contributed by atoms with Crippen LogP contribution in [0, 0.1) is 0 Å².